The molecule has 0 aliphatic carbocycles. The zero-order chi connectivity index (χ0) is 14.7. The van der Waals surface area contributed by atoms with E-state index < -0.39 is 0 Å². The van der Waals surface area contributed by atoms with Crippen LogP contribution in [0.5, 0.6) is 0 Å². The summed E-state index contributed by atoms with van der Waals surface area (Å²) >= 11 is 5.97. The molecule has 2 N–H and O–H groups in total. The summed E-state index contributed by atoms with van der Waals surface area (Å²) in [7, 11) is 1.87. The molecular weight excluding hydrogens is 274 g/mol. The summed E-state index contributed by atoms with van der Waals surface area (Å²) in [6, 6.07) is 5.31. The fraction of sp³-hybridized carbons (Fsp3) is 0.533. The van der Waals surface area contributed by atoms with Crippen LogP contribution in [0.1, 0.15) is 30.1 Å². The topological polar surface area (TPSA) is 49.6 Å². The Labute approximate surface area is 125 Å². The molecule has 5 heteroatoms. The van der Waals surface area contributed by atoms with E-state index in [0.717, 1.165) is 32.5 Å². The highest BCUT2D eigenvalue weighted by Gasteiger charge is 2.25. The van der Waals surface area contributed by atoms with Gasteiger partial charge in [0, 0.05) is 42.5 Å². The molecule has 110 valence electrons. The molecule has 1 aliphatic rings. The molecule has 1 aliphatic heterocycles. The number of halogens is 1. The zero-order valence-electron chi connectivity index (χ0n) is 12.1. The van der Waals surface area contributed by atoms with Gasteiger partial charge in [0.1, 0.15) is 0 Å². The predicted molar refractivity (Wildman–Crippen MR) is 83.1 cm³/mol. The van der Waals surface area contributed by atoms with Gasteiger partial charge in [-0.3, -0.25) is 4.79 Å². The molecule has 0 unspecified atom stereocenters. The van der Waals surface area contributed by atoms with Gasteiger partial charge in [-0.15, -0.1) is 0 Å². The Morgan fingerprint density at radius 3 is 2.60 bits per heavy atom. The van der Waals surface area contributed by atoms with Crippen molar-refractivity contribution in [2.24, 2.45) is 0 Å². The summed E-state index contributed by atoms with van der Waals surface area (Å²) in [5, 5.41) is 0.502. The van der Waals surface area contributed by atoms with Gasteiger partial charge in [-0.1, -0.05) is 18.5 Å². The summed E-state index contributed by atoms with van der Waals surface area (Å²) in [5.74, 6) is -0.00542. The largest absolute Gasteiger partial charge is 0.399 e. The Morgan fingerprint density at radius 1 is 1.40 bits per heavy atom. The number of piperidine rings is 1. The number of carbonyl (C=O) groups is 1. The highest BCUT2D eigenvalue weighted by atomic mass is 35.5. The number of nitrogens with zero attached hydrogens (tertiary/aromatic N) is 2. The third kappa shape index (κ3) is 3.44. The van der Waals surface area contributed by atoms with E-state index >= 15 is 0 Å². The first-order valence-corrected chi connectivity index (χ1v) is 7.44. The molecule has 1 heterocycles. The van der Waals surface area contributed by atoms with Gasteiger partial charge in [0.15, 0.2) is 0 Å². The van der Waals surface area contributed by atoms with Gasteiger partial charge in [0.25, 0.3) is 5.91 Å². The molecule has 0 saturated carbocycles. The molecule has 0 spiro atoms. The molecule has 1 fully saturated rings. The summed E-state index contributed by atoms with van der Waals surface area (Å²) < 4.78 is 0. The minimum Gasteiger partial charge on any atom is -0.399 e. The number of hydrogen-bond acceptors (Lipinski definition) is 3. The van der Waals surface area contributed by atoms with Crippen LogP contribution in [0.15, 0.2) is 18.2 Å². The minimum atomic E-state index is -0.00542. The van der Waals surface area contributed by atoms with E-state index in [-0.39, 0.29) is 5.91 Å². The van der Waals surface area contributed by atoms with Gasteiger partial charge in [-0.05, 0) is 37.6 Å². The van der Waals surface area contributed by atoms with E-state index in [0.29, 0.717) is 22.3 Å². The number of hydrogen-bond donors (Lipinski definition) is 1. The van der Waals surface area contributed by atoms with E-state index in [2.05, 4.69) is 11.8 Å². The van der Waals surface area contributed by atoms with Crippen LogP contribution in [0, 0.1) is 0 Å². The van der Waals surface area contributed by atoms with Gasteiger partial charge < -0.3 is 15.5 Å². The summed E-state index contributed by atoms with van der Waals surface area (Å²) in [6.45, 7) is 5.35. The highest BCUT2D eigenvalue weighted by Crippen LogP contribution is 2.21. The van der Waals surface area contributed by atoms with E-state index in [4.69, 9.17) is 17.3 Å². The molecule has 4 nitrogen and oxygen atoms in total. The Morgan fingerprint density at radius 2 is 2.05 bits per heavy atom. The number of anilines is 1. The molecule has 1 aromatic carbocycles. The fourth-order valence-electron chi connectivity index (χ4n) is 2.73. The SMILES string of the molecule is CCN1CCC(N(C)C(=O)c2cc(N)cc(Cl)c2)CC1. The smallest absolute Gasteiger partial charge is 0.253 e. The van der Waals surface area contributed by atoms with Gasteiger partial charge in [0.05, 0.1) is 0 Å². The lowest BCUT2D eigenvalue weighted by Gasteiger charge is -2.36. The van der Waals surface area contributed by atoms with E-state index in [1.807, 2.05) is 11.9 Å². The van der Waals surface area contributed by atoms with Crippen LogP contribution in [-0.2, 0) is 0 Å². The second-order valence-electron chi connectivity index (χ2n) is 5.35. The van der Waals surface area contributed by atoms with Crippen LogP contribution >= 0.6 is 11.6 Å². The van der Waals surface area contributed by atoms with E-state index in [1.54, 1.807) is 18.2 Å². The molecule has 1 aromatic rings. The van der Waals surface area contributed by atoms with Crippen molar-refractivity contribution in [3.05, 3.63) is 28.8 Å². The molecule has 0 atom stereocenters. The first kappa shape index (κ1) is 15.1. The van der Waals surface area contributed by atoms with Gasteiger partial charge in [-0.25, -0.2) is 0 Å². The number of likely N-dealkylation sites (tertiary alicyclic amines) is 1. The average Bonchev–Trinajstić information content (AvgIpc) is 2.45. The molecule has 1 amide bonds. The molecular formula is C15H22ClN3O. The van der Waals surface area contributed by atoms with Crippen molar-refractivity contribution < 1.29 is 4.79 Å². The van der Waals surface area contributed by atoms with Crippen molar-refractivity contribution >= 4 is 23.2 Å². The second-order valence-corrected chi connectivity index (χ2v) is 5.79. The standard InChI is InChI=1S/C15H22ClN3O/c1-3-19-6-4-14(5-7-19)18(2)15(20)11-8-12(16)10-13(17)9-11/h8-10,14H,3-7,17H2,1-2H3. The van der Waals surface area contributed by atoms with Crippen molar-refractivity contribution in [3.63, 3.8) is 0 Å². The fourth-order valence-corrected chi connectivity index (χ4v) is 2.97. The molecule has 2 rings (SSSR count). The molecule has 1 saturated heterocycles. The normalized spacial score (nSPS) is 17.1. The Bertz CT molecular complexity index is 464. The van der Waals surface area contributed by atoms with Crippen molar-refractivity contribution in [1.29, 1.82) is 0 Å². The van der Waals surface area contributed by atoms with Crippen LogP contribution in [0.3, 0.4) is 0 Å². The molecule has 20 heavy (non-hydrogen) atoms. The number of rotatable bonds is 3. The van der Waals surface area contributed by atoms with Crippen LogP contribution < -0.4 is 5.73 Å². The van der Waals surface area contributed by atoms with Crippen LogP contribution in [0.2, 0.25) is 5.02 Å². The first-order valence-electron chi connectivity index (χ1n) is 7.07. The van der Waals surface area contributed by atoms with Gasteiger partial charge in [0.2, 0.25) is 0 Å². The van der Waals surface area contributed by atoms with Crippen molar-refractivity contribution in [2.75, 3.05) is 32.4 Å². The van der Waals surface area contributed by atoms with Crippen molar-refractivity contribution in [3.8, 4) is 0 Å². The Kier molecular flexibility index (Phi) is 4.89. The number of benzene rings is 1. The molecule has 0 radical (unpaired) electrons. The highest BCUT2D eigenvalue weighted by molar-refractivity contribution is 6.31. The lowest BCUT2D eigenvalue weighted by molar-refractivity contribution is 0.0647. The predicted octanol–water partition coefficient (Wildman–Crippen LogP) is 2.48. The van der Waals surface area contributed by atoms with Crippen molar-refractivity contribution in [2.45, 2.75) is 25.8 Å². The number of amides is 1. The summed E-state index contributed by atoms with van der Waals surface area (Å²) in [5.41, 5.74) is 6.84. The lowest BCUT2D eigenvalue weighted by atomic mass is 10.0. The maximum atomic E-state index is 12.5. The Balaban J connectivity index is 2.05. The van der Waals surface area contributed by atoms with E-state index in [9.17, 15) is 4.79 Å². The second kappa shape index (κ2) is 6.46. The molecule has 0 bridgehead atoms. The minimum absolute atomic E-state index is 0.00542. The lowest BCUT2D eigenvalue weighted by Crippen LogP contribution is -2.45. The summed E-state index contributed by atoms with van der Waals surface area (Å²) in [4.78, 5) is 16.7. The van der Waals surface area contributed by atoms with Crippen LogP contribution in [0.4, 0.5) is 5.69 Å². The zero-order valence-corrected chi connectivity index (χ0v) is 12.9. The molecule has 0 aromatic heterocycles. The van der Waals surface area contributed by atoms with Crippen LogP contribution in [-0.4, -0.2) is 48.4 Å². The third-order valence-corrected chi connectivity index (χ3v) is 4.26. The Hall–Kier alpha value is -1.26. The van der Waals surface area contributed by atoms with E-state index in [1.165, 1.54) is 0 Å². The quantitative estimate of drug-likeness (QED) is 0.872. The summed E-state index contributed by atoms with van der Waals surface area (Å²) in [6.07, 6.45) is 2.04. The number of nitrogens with two attached hydrogens (primary N) is 1. The monoisotopic (exact) mass is 295 g/mol. The third-order valence-electron chi connectivity index (χ3n) is 4.04. The van der Waals surface area contributed by atoms with Crippen molar-refractivity contribution in [1.82, 2.24) is 9.80 Å². The average molecular weight is 296 g/mol. The number of nitrogen functional groups attached to an aromatic ring is 1. The first-order chi connectivity index (χ1) is 9.51. The van der Waals surface area contributed by atoms with Gasteiger partial charge in [-0.2, -0.15) is 0 Å². The van der Waals surface area contributed by atoms with Gasteiger partial charge >= 0.3 is 0 Å². The maximum Gasteiger partial charge on any atom is 0.253 e. The maximum absolute atomic E-state index is 12.5. The number of carbonyl (C=O) groups excluding carboxylic acids is 1. The van der Waals surface area contributed by atoms with Crippen LogP contribution in [0.25, 0.3) is 0 Å².